The van der Waals surface area contributed by atoms with E-state index in [1.807, 2.05) is 41.5 Å². The minimum Gasteiger partial charge on any atom is -0.427 e. The molecule has 0 atom stereocenters. The molecule has 0 aromatic heterocycles. The normalized spacial score (nSPS) is 24.8. The summed E-state index contributed by atoms with van der Waals surface area (Å²) >= 11 is 0. The second kappa shape index (κ2) is 7.60. The van der Waals surface area contributed by atoms with E-state index in [1.165, 1.54) is 0 Å². The van der Waals surface area contributed by atoms with E-state index in [4.69, 9.17) is 9.47 Å². The molecule has 1 aliphatic carbocycles. The van der Waals surface area contributed by atoms with Crippen molar-refractivity contribution in [1.29, 1.82) is 0 Å². The maximum absolute atomic E-state index is 13.2. The molecule has 1 heterocycles. The number of ether oxygens (including phenoxy) is 2. The standard InChI is InChI=1S/C24H33NO4/c1-14-12-15(2)18(16(3)13-14)19-20(29-22(27)23(4,5)6)24(25-21(19)26)10-8-17(28-7)9-11-24/h12-13,17H,8-11H2,1-7H3,(H,25,26). The number of aryl methyl sites for hydroxylation is 3. The molecule has 1 aliphatic heterocycles. The van der Waals surface area contributed by atoms with Crippen LogP contribution in [0.3, 0.4) is 0 Å². The van der Waals surface area contributed by atoms with Crippen molar-refractivity contribution in [2.24, 2.45) is 5.41 Å². The molecule has 1 N–H and O–H groups in total. The number of amides is 1. The molecule has 0 unspecified atom stereocenters. The number of rotatable bonds is 3. The highest BCUT2D eigenvalue weighted by molar-refractivity contribution is 6.24. The quantitative estimate of drug-likeness (QED) is 0.767. The summed E-state index contributed by atoms with van der Waals surface area (Å²) in [5.41, 5.74) is 3.24. The summed E-state index contributed by atoms with van der Waals surface area (Å²) in [6.07, 6.45) is 3.18. The average molecular weight is 400 g/mol. The Morgan fingerprint density at radius 2 is 1.66 bits per heavy atom. The maximum Gasteiger partial charge on any atom is 0.316 e. The highest BCUT2D eigenvalue weighted by Crippen LogP contribution is 2.45. The van der Waals surface area contributed by atoms with Crippen molar-refractivity contribution >= 4 is 17.4 Å². The predicted molar refractivity (Wildman–Crippen MR) is 113 cm³/mol. The zero-order valence-corrected chi connectivity index (χ0v) is 18.7. The van der Waals surface area contributed by atoms with Crippen molar-refractivity contribution < 1.29 is 19.1 Å². The van der Waals surface area contributed by atoms with E-state index in [0.29, 0.717) is 24.2 Å². The Labute approximate surface area is 173 Å². The van der Waals surface area contributed by atoms with E-state index in [2.05, 4.69) is 17.4 Å². The first-order chi connectivity index (χ1) is 13.5. The SMILES string of the molecule is COC1CCC2(CC1)NC(=O)C(c1c(C)cc(C)cc1C)=C2OC(=O)C(C)(C)C. The van der Waals surface area contributed by atoms with Crippen LogP contribution in [-0.2, 0) is 19.1 Å². The smallest absolute Gasteiger partial charge is 0.316 e. The summed E-state index contributed by atoms with van der Waals surface area (Å²) in [7, 11) is 1.72. The lowest BCUT2D eigenvalue weighted by Crippen LogP contribution is -2.49. The summed E-state index contributed by atoms with van der Waals surface area (Å²) in [5, 5.41) is 3.19. The second-order valence-electron chi connectivity index (χ2n) is 9.59. The zero-order chi connectivity index (χ0) is 21.6. The van der Waals surface area contributed by atoms with Crippen LogP contribution in [0.25, 0.3) is 5.57 Å². The van der Waals surface area contributed by atoms with Gasteiger partial charge in [-0.3, -0.25) is 9.59 Å². The van der Waals surface area contributed by atoms with E-state index in [1.54, 1.807) is 7.11 Å². The minimum absolute atomic E-state index is 0.160. The molecule has 29 heavy (non-hydrogen) atoms. The first-order valence-corrected chi connectivity index (χ1v) is 10.4. The van der Waals surface area contributed by atoms with Crippen molar-refractivity contribution in [2.45, 2.75) is 78.9 Å². The number of hydrogen-bond acceptors (Lipinski definition) is 4. The molecular weight excluding hydrogens is 366 g/mol. The molecule has 2 aliphatic rings. The van der Waals surface area contributed by atoms with Gasteiger partial charge in [0, 0.05) is 7.11 Å². The van der Waals surface area contributed by atoms with Crippen molar-refractivity contribution in [3.63, 3.8) is 0 Å². The molecule has 5 nitrogen and oxygen atoms in total. The van der Waals surface area contributed by atoms with Gasteiger partial charge in [0.15, 0.2) is 0 Å². The number of carbonyl (C=O) groups is 2. The fourth-order valence-corrected chi connectivity index (χ4v) is 4.55. The van der Waals surface area contributed by atoms with Crippen LogP contribution in [0.15, 0.2) is 17.9 Å². The number of methoxy groups -OCH3 is 1. The first-order valence-electron chi connectivity index (χ1n) is 10.4. The van der Waals surface area contributed by atoms with Crippen molar-refractivity contribution in [3.05, 3.63) is 40.1 Å². The number of carbonyl (C=O) groups excluding carboxylic acids is 2. The molecule has 5 heteroatoms. The van der Waals surface area contributed by atoms with Gasteiger partial charge in [-0.15, -0.1) is 0 Å². The Balaban J connectivity index is 2.16. The third kappa shape index (κ3) is 3.97. The molecule has 1 amide bonds. The van der Waals surface area contributed by atoms with Gasteiger partial charge in [-0.2, -0.15) is 0 Å². The Hall–Kier alpha value is -2.14. The van der Waals surface area contributed by atoms with Gasteiger partial charge in [-0.1, -0.05) is 17.7 Å². The average Bonchev–Trinajstić information content (AvgIpc) is 2.86. The maximum atomic E-state index is 13.2. The Morgan fingerprint density at radius 1 is 1.10 bits per heavy atom. The molecule has 158 valence electrons. The second-order valence-corrected chi connectivity index (χ2v) is 9.59. The third-order valence-corrected chi connectivity index (χ3v) is 6.10. The van der Waals surface area contributed by atoms with E-state index in [9.17, 15) is 9.59 Å². The lowest BCUT2D eigenvalue weighted by Gasteiger charge is -2.38. The molecule has 1 aromatic carbocycles. The van der Waals surface area contributed by atoms with Gasteiger partial charge in [-0.05, 0) is 83.9 Å². The molecule has 0 saturated heterocycles. The van der Waals surface area contributed by atoms with Crippen molar-refractivity contribution in [3.8, 4) is 0 Å². The van der Waals surface area contributed by atoms with Crippen LogP contribution in [-0.4, -0.2) is 30.6 Å². The summed E-state index contributed by atoms with van der Waals surface area (Å²) in [4.78, 5) is 26.1. The van der Waals surface area contributed by atoms with Gasteiger partial charge < -0.3 is 14.8 Å². The summed E-state index contributed by atoms with van der Waals surface area (Å²) in [6.45, 7) is 11.5. The number of hydrogen-bond donors (Lipinski definition) is 1. The number of benzene rings is 1. The van der Waals surface area contributed by atoms with E-state index >= 15 is 0 Å². The van der Waals surface area contributed by atoms with Gasteiger partial charge in [0.05, 0.1) is 22.6 Å². The van der Waals surface area contributed by atoms with Crippen LogP contribution < -0.4 is 5.32 Å². The molecule has 1 saturated carbocycles. The van der Waals surface area contributed by atoms with E-state index < -0.39 is 11.0 Å². The Kier molecular flexibility index (Phi) is 5.65. The predicted octanol–water partition coefficient (Wildman–Crippen LogP) is 4.37. The van der Waals surface area contributed by atoms with Gasteiger partial charge in [0.2, 0.25) is 0 Å². The first kappa shape index (κ1) is 21.6. The monoisotopic (exact) mass is 399 g/mol. The lowest BCUT2D eigenvalue weighted by atomic mass is 9.78. The summed E-state index contributed by atoms with van der Waals surface area (Å²) < 4.78 is 11.5. The molecule has 1 fully saturated rings. The fourth-order valence-electron chi connectivity index (χ4n) is 4.55. The fraction of sp³-hybridized carbons (Fsp3) is 0.583. The molecule has 3 rings (SSSR count). The zero-order valence-electron chi connectivity index (χ0n) is 18.7. The van der Waals surface area contributed by atoms with Crippen LogP contribution in [0.1, 0.15) is 68.7 Å². The number of nitrogens with one attached hydrogen (secondary N) is 1. The lowest BCUT2D eigenvalue weighted by molar-refractivity contribution is -0.150. The van der Waals surface area contributed by atoms with Gasteiger partial charge in [-0.25, -0.2) is 0 Å². The van der Waals surface area contributed by atoms with Gasteiger partial charge in [0.1, 0.15) is 5.76 Å². The molecule has 1 aromatic rings. The highest BCUT2D eigenvalue weighted by atomic mass is 16.5. The largest absolute Gasteiger partial charge is 0.427 e. The topological polar surface area (TPSA) is 64.6 Å². The summed E-state index contributed by atoms with van der Waals surface area (Å²) in [6, 6.07) is 4.14. The van der Waals surface area contributed by atoms with Crippen molar-refractivity contribution in [2.75, 3.05) is 7.11 Å². The molecule has 0 radical (unpaired) electrons. The van der Waals surface area contributed by atoms with Crippen LogP contribution in [0.5, 0.6) is 0 Å². The Bertz CT molecular complexity index is 844. The Morgan fingerprint density at radius 3 is 2.14 bits per heavy atom. The molecule has 0 bridgehead atoms. The van der Waals surface area contributed by atoms with Crippen LogP contribution >= 0.6 is 0 Å². The summed E-state index contributed by atoms with van der Waals surface area (Å²) in [5.74, 6) is 0.0109. The van der Waals surface area contributed by atoms with Crippen LogP contribution in [0.4, 0.5) is 0 Å². The molecular formula is C24H33NO4. The highest BCUT2D eigenvalue weighted by Gasteiger charge is 2.50. The van der Waals surface area contributed by atoms with Gasteiger partial charge >= 0.3 is 5.97 Å². The number of esters is 1. The third-order valence-electron chi connectivity index (χ3n) is 6.10. The molecule has 1 spiro atoms. The van der Waals surface area contributed by atoms with Gasteiger partial charge in [0.25, 0.3) is 5.91 Å². The van der Waals surface area contributed by atoms with Crippen LogP contribution in [0, 0.1) is 26.2 Å². The minimum atomic E-state index is -0.661. The van der Waals surface area contributed by atoms with Crippen LogP contribution in [0.2, 0.25) is 0 Å². The van der Waals surface area contributed by atoms with E-state index in [-0.39, 0.29) is 18.0 Å². The van der Waals surface area contributed by atoms with Crippen molar-refractivity contribution in [1.82, 2.24) is 5.32 Å². The van der Waals surface area contributed by atoms with E-state index in [0.717, 1.165) is 35.1 Å².